The molecule has 1 aromatic rings. The van der Waals surface area contributed by atoms with Crippen LogP contribution in [0.25, 0.3) is 5.57 Å². The van der Waals surface area contributed by atoms with Gasteiger partial charge in [-0.05, 0) is 44.0 Å². The second-order valence-corrected chi connectivity index (χ2v) is 4.62. The van der Waals surface area contributed by atoms with Crippen LogP contribution in [0.1, 0.15) is 26.3 Å². The predicted molar refractivity (Wildman–Crippen MR) is 81.0 cm³/mol. The third kappa shape index (κ3) is 5.38. The first kappa shape index (κ1) is 16.9. The van der Waals surface area contributed by atoms with Crippen LogP contribution >= 0.6 is 0 Å². The number of nitrogens with zero attached hydrogens (tertiary/aromatic N) is 1. The van der Waals surface area contributed by atoms with E-state index in [0.29, 0.717) is 18.7 Å². The molecule has 0 saturated carbocycles. The predicted octanol–water partition coefficient (Wildman–Crippen LogP) is 2.21. The second kappa shape index (κ2) is 8.19. The monoisotopic (exact) mass is 292 g/mol. The van der Waals surface area contributed by atoms with E-state index >= 15 is 0 Å². The number of amides is 2. The van der Waals surface area contributed by atoms with Gasteiger partial charge in [0.15, 0.2) is 0 Å². The molecule has 1 N–H and O–H groups in total. The highest BCUT2D eigenvalue weighted by molar-refractivity contribution is 5.96. The van der Waals surface area contributed by atoms with Crippen LogP contribution in [0.5, 0.6) is 0 Å². The molecule has 0 aliphatic carbocycles. The summed E-state index contributed by atoms with van der Waals surface area (Å²) in [5, 5.41) is 2.56. The van der Waals surface area contributed by atoms with Gasteiger partial charge >= 0.3 is 0 Å². The van der Waals surface area contributed by atoms with Gasteiger partial charge in [0.25, 0.3) is 0 Å². The first-order valence-electron chi connectivity index (χ1n) is 6.97. The van der Waals surface area contributed by atoms with E-state index in [1.54, 1.807) is 24.0 Å². The van der Waals surface area contributed by atoms with Crippen LogP contribution in [0.3, 0.4) is 0 Å². The number of hydrogen-bond donors (Lipinski definition) is 1. The highest BCUT2D eigenvalue weighted by atomic mass is 19.1. The Morgan fingerprint density at radius 1 is 1.19 bits per heavy atom. The zero-order chi connectivity index (χ0) is 15.8. The molecule has 0 heterocycles. The van der Waals surface area contributed by atoms with E-state index in [9.17, 15) is 14.0 Å². The minimum absolute atomic E-state index is 0.0201. The van der Waals surface area contributed by atoms with Crippen LogP contribution < -0.4 is 5.32 Å². The normalized spacial score (nSPS) is 11.1. The molecule has 1 aromatic carbocycles. The fraction of sp³-hybridized carbons (Fsp3) is 0.375. The van der Waals surface area contributed by atoms with Crippen LogP contribution in [0.4, 0.5) is 4.39 Å². The van der Waals surface area contributed by atoms with Crippen LogP contribution in [0.2, 0.25) is 0 Å². The van der Waals surface area contributed by atoms with Gasteiger partial charge in [0.05, 0.1) is 6.54 Å². The van der Waals surface area contributed by atoms with E-state index in [-0.39, 0.29) is 24.2 Å². The quantitative estimate of drug-likeness (QED) is 0.817. The van der Waals surface area contributed by atoms with Crippen molar-refractivity contribution in [2.75, 3.05) is 19.6 Å². The summed E-state index contributed by atoms with van der Waals surface area (Å²) in [5.74, 6) is -0.765. The maximum atomic E-state index is 12.8. The maximum Gasteiger partial charge on any atom is 0.244 e. The standard InChI is InChI=1S/C16H21FN2O2/c1-4-19(5-2)16(21)11-18-15(20)10-12(3)13-6-8-14(17)9-7-13/h6-10H,4-5,11H2,1-3H3,(H,18,20)/b12-10+. The van der Waals surface area contributed by atoms with Gasteiger partial charge in [0.2, 0.25) is 11.8 Å². The Bertz CT molecular complexity index is 520. The molecular weight excluding hydrogens is 271 g/mol. The van der Waals surface area contributed by atoms with Gasteiger partial charge in [0.1, 0.15) is 5.82 Å². The Balaban J connectivity index is 2.58. The van der Waals surface area contributed by atoms with Crippen molar-refractivity contribution in [3.05, 3.63) is 41.7 Å². The first-order chi connectivity index (χ1) is 9.97. The van der Waals surface area contributed by atoms with E-state index < -0.39 is 0 Å². The minimum Gasteiger partial charge on any atom is -0.343 e. The third-order valence-corrected chi connectivity index (χ3v) is 3.18. The fourth-order valence-electron chi connectivity index (χ4n) is 1.89. The second-order valence-electron chi connectivity index (χ2n) is 4.62. The lowest BCUT2D eigenvalue weighted by atomic mass is 10.1. The lowest BCUT2D eigenvalue weighted by Gasteiger charge is -2.18. The molecule has 0 aliphatic heterocycles. The lowest BCUT2D eigenvalue weighted by molar-refractivity contribution is -0.131. The van der Waals surface area contributed by atoms with Crippen molar-refractivity contribution in [1.82, 2.24) is 10.2 Å². The highest BCUT2D eigenvalue weighted by Crippen LogP contribution is 2.13. The molecule has 21 heavy (non-hydrogen) atoms. The van der Waals surface area contributed by atoms with Gasteiger partial charge in [-0.3, -0.25) is 9.59 Å². The van der Waals surface area contributed by atoms with E-state index in [1.807, 2.05) is 13.8 Å². The van der Waals surface area contributed by atoms with E-state index in [4.69, 9.17) is 0 Å². The number of nitrogens with one attached hydrogen (secondary N) is 1. The summed E-state index contributed by atoms with van der Waals surface area (Å²) in [5.41, 5.74) is 1.48. The first-order valence-corrected chi connectivity index (χ1v) is 6.97. The SMILES string of the molecule is CCN(CC)C(=O)CNC(=O)/C=C(\C)c1ccc(F)cc1. The topological polar surface area (TPSA) is 49.4 Å². The average molecular weight is 292 g/mol. The fourth-order valence-corrected chi connectivity index (χ4v) is 1.89. The maximum absolute atomic E-state index is 12.8. The van der Waals surface area contributed by atoms with Crippen molar-refractivity contribution in [3.63, 3.8) is 0 Å². The summed E-state index contributed by atoms with van der Waals surface area (Å²) in [6.45, 7) is 6.77. The van der Waals surface area contributed by atoms with Gasteiger partial charge in [-0.15, -0.1) is 0 Å². The van der Waals surface area contributed by atoms with Crippen molar-refractivity contribution in [2.45, 2.75) is 20.8 Å². The molecule has 5 heteroatoms. The van der Waals surface area contributed by atoms with E-state index in [1.165, 1.54) is 18.2 Å². The van der Waals surface area contributed by atoms with Crippen molar-refractivity contribution >= 4 is 17.4 Å². The van der Waals surface area contributed by atoms with Crippen LogP contribution in [0, 0.1) is 5.82 Å². The molecular formula is C16H21FN2O2. The number of allylic oxidation sites excluding steroid dienone is 1. The zero-order valence-corrected chi connectivity index (χ0v) is 12.6. The Labute approximate surface area is 124 Å². The summed E-state index contributed by atoms with van der Waals surface area (Å²) in [6, 6.07) is 5.90. The van der Waals surface area contributed by atoms with Gasteiger partial charge < -0.3 is 10.2 Å². The molecule has 0 spiro atoms. The Morgan fingerprint density at radius 2 is 1.76 bits per heavy atom. The average Bonchev–Trinajstić information content (AvgIpc) is 2.47. The van der Waals surface area contributed by atoms with Crippen molar-refractivity contribution < 1.29 is 14.0 Å². The number of likely N-dealkylation sites (N-methyl/N-ethyl adjacent to an activating group) is 1. The van der Waals surface area contributed by atoms with E-state index in [0.717, 1.165) is 5.56 Å². The summed E-state index contributed by atoms with van der Waals surface area (Å²) in [6.07, 6.45) is 1.41. The molecule has 0 radical (unpaired) electrons. The summed E-state index contributed by atoms with van der Waals surface area (Å²) in [7, 11) is 0. The van der Waals surface area contributed by atoms with Gasteiger partial charge in [0, 0.05) is 19.2 Å². The molecule has 0 bridgehead atoms. The number of rotatable bonds is 6. The van der Waals surface area contributed by atoms with Gasteiger partial charge in [-0.25, -0.2) is 4.39 Å². The Morgan fingerprint density at radius 3 is 2.29 bits per heavy atom. The number of benzene rings is 1. The molecule has 4 nitrogen and oxygen atoms in total. The zero-order valence-electron chi connectivity index (χ0n) is 12.6. The van der Waals surface area contributed by atoms with Gasteiger partial charge in [-0.2, -0.15) is 0 Å². The van der Waals surface area contributed by atoms with Crippen LogP contribution in [0.15, 0.2) is 30.3 Å². The van der Waals surface area contributed by atoms with E-state index in [2.05, 4.69) is 5.32 Å². The lowest BCUT2D eigenvalue weighted by Crippen LogP contribution is -2.39. The van der Waals surface area contributed by atoms with Crippen molar-refractivity contribution in [1.29, 1.82) is 0 Å². The Hall–Kier alpha value is -2.17. The van der Waals surface area contributed by atoms with Crippen molar-refractivity contribution in [3.8, 4) is 0 Å². The number of carbonyl (C=O) groups excluding carboxylic acids is 2. The summed E-state index contributed by atoms with van der Waals surface area (Å²) >= 11 is 0. The molecule has 1 rings (SSSR count). The van der Waals surface area contributed by atoms with Crippen molar-refractivity contribution in [2.24, 2.45) is 0 Å². The number of halogens is 1. The molecule has 0 atom stereocenters. The number of carbonyl (C=O) groups is 2. The van der Waals surface area contributed by atoms with Gasteiger partial charge in [-0.1, -0.05) is 12.1 Å². The molecule has 2 amide bonds. The molecule has 0 saturated heterocycles. The van der Waals surface area contributed by atoms with Crippen LogP contribution in [-0.4, -0.2) is 36.3 Å². The summed E-state index contributed by atoms with van der Waals surface area (Å²) < 4.78 is 12.8. The number of hydrogen-bond acceptors (Lipinski definition) is 2. The highest BCUT2D eigenvalue weighted by Gasteiger charge is 2.10. The Kier molecular flexibility index (Phi) is 6.59. The minimum atomic E-state index is -0.336. The molecule has 0 unspecified atom stereocenters. The third-order valence-electron chi connectivity index (χ3n) is 3.18. The van der Waals surface area contributed by atoms with Crippen LogP contribution in [-0.2, 0) is 9.59 Å². The molecule has 114 valence electrons. The molecule has 0 aliphatic rings. The largest absolute Gasteiger partial charge is 0.343 e. The molecule has 0 fully saturated rings. The smallest absolute Gasteiger partial charge is 0.244 e. The summed E-state index contributed by atoms with van der Waals surface area (Å²) in [4.78, 5) is 25.2. The molecule has 0 aromatic heterocycles.